The van der Waals surface area contributed by atoms with E-state index >= 15 is 0 Å². The van der Waals surface area contributed by atoms with Crippen LogP contribution in [0.2, 0.25) is 0 Å². The first-order valence-corrected chi connectivity index (χ1v) is 5.78. The van der Waals surface area contributed by atoms with E-state index in [2.05, 4.69) is 27.2 Å². The van der Waals surface area contributed by atoms with Crippen molar-refractivity contribution in [3.8, 4) is 11.3 Å². The second-order valence-electron chi connectivity index (χ2n) is 3.90. The molecule has 0 aromatic carbocycles. The summed E-state index contributed by atoms with van der Waals surface area (Å²) in [5.74, 6) is 0.815. The highest BCUT2D eigenvalue weighted by molar-refractivity contribution is 5.57. The van der Waals surface area contributed by atoms with Crippen LogP contribution in [0.5, 0.6) is 0 Å². The molecule has 0 radical (unpaired) electrons. The lowest BCUT2D eigenvalue weighted by Gasteiger charge is -2.04. The van der Waals surface area contributed by atoms with Crippen molar-refractivity contribution in [3.63, 3.8) is 0 Å². The number of pyridine rings is 1. The van der Waals surface area contributed by atoms with Crippen LogP contribution in [-0.4, -0.2) is 21.5 Å². The molecule has 0 amide bonds. The predicted octanol–water partition coefficient (Wildman–Crippen LogP) is 2.67. The fraction of sp³-hybridized carbons (Fsp3) is 0.308. The third-order valence-corrected chi connectivity index (χ3v) is 2.42. The normalized spacial score (nSPS) is 10.2. The van der Waals surface area contributed by atoms with Crippen molar-refractivity contribution in [2.24, 2.45) is 0 Å². The predicted molar refractivity (Wildman–Crippen MR) is 68.8 cm³/mol. The van der Waals surface area contributed by atoms with Crippen molar-refractivity contribution in [1.82, 2.24) is 15.0 Å². The largest absolute Gasteiger partial charge is 0.369 e. The smallest absolute Gasteiger partial charge is 0.144 e. The van der Waals surface area contributed by atoms with E-state index in [-0.39, 0.29) is 0 Å². The molecule has 17 heavy (non-hydrogen) atoms. The van der Waals surface area contributed by atoms with Crippen LogP contribution in [0.1, 0.15) is 19.0 Å². The van der Waals surface area contributed by atoms with Gasteiger partial charge in [-0.25, -0.2) is 4.98 Å². The fourth-order valence-electron chi connectivity index (χ4n) is 1.44. The van der Waals surface area contributed by atoms with Crippen molar-refractivity contribution >= 4 is 5.82 Å². The summed E-state index contributed by atoms with van der Waals surface area (Å²) in [5.41, 5.74) is 2.84. The van der Waals surface area contributed by atoms with Crippen LogP contribution in [0.4, 0.5) is 5.82 Å². The molecule has 4 heteroatoms. The molecule has 0 spiro atoms. The van der Waals surface area contributed by atoms with Gasteiger partial charge in [0.05, 0.1) is 18.1 Å². The number of hydrogen-bond donors (Lipinski definition) is 1. The van der Waals surface area contributed by atoms with Crippen molar-refractivity contribution in [2.75, 3.05) is 11.9 Å². The lowest BCUT2D eigenvalue weighted by molar-refractivity contribution is 0.965. The first-order valence-electron chi connectivity index (χ1n) is 5.78. The van der Waals surface area contributed by atoms with Gasteiger partial charge in [0.25, 0.3) is 0 Å². The Hall–Kier alpha value is -1.97. The van der Waals surface area contributed by atoms with Gasteiger partial charge in [-0.1, -0.05) is 6.92 Å². The molecule has 0 saturated carbocycles. The fourth-order valence-corrected chi connectivity index (χ4v) is 1.44. The number of nitrogens with one attached hydrogen (secondary N) is 1. The summed E-state index contributed by atoms with van der Waals surface area (Å²) < 4.78 is 0. The monoisotopic (exact) mass is 228 g/mol. The number of nitrogens with zero attached hydrogens (tertiary/aromatic N) is 3. The average molecular weight is 228 g/mol. The van der Waals surface area contributed by atoms with Crippen LogP contribution in [0.15, 0.2) is 30.7 Å². The molecule has 0 aliphatic carbocycles. The highest BCUT2D eigenvalue weighted by Crippen LogP contribution is 2.15. The lowest BCUT2D eigenvalue weighted by atomic mass is 10.2. The molecule has 0 atom stereocenters. The first kappa shape index (κ1) is 11.5. The molecule has 0 saturated heterocycles. The van der Waals surface area contributed by atoms with E-state index in [0.29, 0.717) is 0 Å². The number of anilines is 1. The maximum atomic E-state index is 4.37. The summed E-state index contributed by atoms with van der Waals surface area (Å²) in [6, 6.07) is 3.98. The maximum Gasteiger partial charge on any atom is 0.144 e. The van der Waals surface area contributed by atoms with Gasteiger partial charge >= 0.3 is 0 Å². The third kappa shape index (κ3) is 3.00. The molecular formula is C13H16N4. The molecular weight excluding hydrogens is 212 g/mol. The maximum absolute atomic E-state index is 4.37. The molecule has 2 aromatic rings. The van der Waals surface area contributed by atoms with Gasteiger partial charge < -0.3 is 5.32 Å². The number of aryl methyl sites for hydroxylation is 1. The molecule has 0 aliphatic heterocycles. The number of rotatable bonds is 4. The van der Waals surface area contributed by atoms with Crippen LogP contribution in [0.3, 0.4) is 0 Å². The molecule has 2 aromatic heterocycles. The lowest BCUT2D eigenvalue weighted by Crippen LogP contribution is -2.02. The van der Waals surface area contributed by atoms with Crippen LogP contribution in [-0.2, 0) is 0 Å². The minimum atomic E-state index is 0.815. The van der Waals surface area contributed by atoms with E-state index in [4.69, 9.17) is 0 Å². The molecule has 4 nitrogen and oxygen atoms in total. The van der Waals surface area contributed by atoms with Gasteiger partial charge in [-0.15, -0.1) is 0 Å². The highest BCUT2D eigenvalue weighted by atomic mass is 15.0. The Morgan fingerprint density at radius 1 is 1.06 bits per heavy atom. The van der Waals surface area contributed by atoms with E-state index in [1.54, 1.807) is 12.4 Å². The van der Waals surface area contributed by atoms with E-state index in [1.165, 1.54) is 0 Å². The minimum absolute atomic E-state index is 0.815. The molecule has 2 rings (SSSR count). The Morgan fingerprint density at radius 3 is 2.53 bits per heavy atom. The van der Waals surface area contributed by atoms with Gasteiger partial charge in [-0.3, -0.25) is 9.97 Å². The summed E-state index contributed by atoms with van der Waals surface area (Å²) in [7, 11) is 0. The molecule has 0 unspecified atom stereocenters. The zero-order chi connectivity index (χ0) is 12.1. The Morgan fingerprint density at radius 2 is 1.94 bits per heavy atom. The van der Waals surface area contributed by atoms with Gasteiger partial charge in [0.15, 0.2) is 0 Å². The summed E-state index contributed by atoms with van der Waals surface area (Å²) in [5, 5.41) is 3.19. The van der Waals surface area contributed by atoms with E-state index in [9.17, 15) is 0 Å². The van der Waals surface area contributed by atoms with E-state index < -0.39 is 0 Å². The molecule has 0 aliphatic rings. The van der Waals surface area contributed by atoms with Crippen molar-refractivity contribution < 1.29 is 0 Å². The van der Waals surface area contributed by atoms with Crippen LogP contribution in [0, 0.1) is 6.92 Å². The topological polar surface area (TPSA) is 50.7 Å². The number of hydrogen-bond acceptors (Lipinski definition) is 4. The summed E-state index contributed by atoms with van der Waals surface area (Å²) >= 11 is 0. The van der Waals surface area contributed by atoms with E-state index in [0.717, 1.165) is 35.7 Å². The average Bonchev–Trinajstić information content (AvgIpc) is 2.38. The van der Waals surface area contributed by atoms with Crippen LogP contribution >= 0.6 is 0 Å². The Balaban J connectivity index is 2.14. The third-order valence-electron chi connectivity index (χ3n) is 2.42. The minimum Gasteiger partial charge on any atom is -0.369 e. The zero-order valence-electron chi connectivity index (χ0n) is 10.1. The van der Waals surface area contributed by atoms with Crippen molar-refractivity contribution in [3.05, 3.63) is 36.4 Å². The number of aromatic nitrogens is 3. The summed E-state index contributed by atoms with van der Waals surface area (Å²) in [6.07, 6.45) is 6.42. The molecule has 1 N–H and O–H groups in total. The van der Waals surface area contributed by atoms with Gasteiger partial charge in [0.1, 0.15) is 5.82 Å². The first-order chi connectivity index (χ1) is 8.29. The van der Waals surface area contributed by atoms with Crippen LogP contribution in [0.25, 0.3) is 11.3 Å². The molecule has 88 valence electrons. The Labute approximate surface area is 101 Å². The Bertz CT molecular complexity index is 462. The second kappa shape index (κ2) is 5.39. The zero-order valence-corrected chi connectivity index (χ0v) is 10.1. The van der Waals surface area contributed by atoms with Crippen molar-refractivity contribution in [2.45, 2.75) is 20.3 Å². The van der Waals surface area contributed by atoms with Gasteiger partial charge in [0, 0.05) is 24.0 Å². The van der Waals surface area contributed by atoms with Crippen molar-refractivity contribution in [1.29, 1.82) is 0 Å². The molecule has 0 fully saturated rings. The van der Waals surface area contributed by atoms with Gasteiger partial charge in [-0.05, 0) is 25.5 Å². The van der Waals surface area contributed by atoms with E-state index in [1.807, 2.05) is 25.3 Å². The second-order valence-corrected chi connectivity index (χ2v) is 3.90. The standard InChI is InChI=1S/C13H16N4/c1-3-6-14-13-9-16-12(8-17-13)11-5-4-10(2)15-7-11/h4-5,7-9H,3,6H2,1-2H3,(H,14,17). The quantitative estimate of drug-likeness (QED) is 0.874. The Kier molecular flexibility index (Phi) is 3.65. The van der Waals surface area contributed by atoms with Crippen LogP contribution < -0.4 is 5.32 Å². The highest BCUT2D eigenvalue weighted by Gasteiger charge is 2.00. The molecule has 2 heterocycles. The summed E-state index contributed by atoms with van der Waals surface area (Å²) in [6.45, 7) is 5.00. The molecule has 0 bridgehead atoms. The SMILES string of the molecule is CCCNc1cnc(-c2ccc(C)nc2)cn1. The summed E-state index contributed by atoms with van der Waals surface area (Å²) in [4.78, 5) is 12.9. The van der Waals surface area contributed by atoms with Gasteiger partial charge in [-0.2, -0.15) is 0 Å². The van der Waals surface area contributed by atoms with Gasteiger partial charge in [0.2, 0.25) is 0 Å².